The molecule has 0 saturated heterocycles. The predicted octanol–water partition coefficient (Wildman–Crippen LogP) is 1.08. The van der Waals surface area contributed by atoms with Gasteiger partial charge in [0.05, 0.1) is 5.57 Å². The van der Waals surface area contributed by atoms with E-state index in [-0.39, 0.29) is 12.2 Å². The van der Waals surface area contributed by atoms with E-state index in [4.69, 9.17) is 0 Å². The highest BCUT2D eigenvalue weighted by Gasteiger charge is 2.28. The number of hydrogen-bond acceptors (Lipinski definition) is 4. The van der Waals surface area contributed by atoms with Crippen molar-refractivity contribution in [1.29, 1.82) is 0 Å². The molecule has 1 aromatic rings. The van der Waals surface area contributed by atoms with Crippen molar-refractivity contribution in [1.82, 2.24) is 0 Å². The van der Waals surface area contributed by atoms with Crippen LogP contribution in [0.3, 0.4) is 0 Å². The Balaban J connectivity index is 2.55. The van der Waals surface area contributed by atoms with E-state index in [1.165, 1.54) is 0 Å². The Morgan fingerprint density at radius 1 is 1.13 bits per heavy atom. The fraction of sp³-hybridized carbons (Fsp3) is 0.0909. The van der Waals surface area contributed by atoms with Gasteiger partial charge >= 0.3 is 5.97 Å². The van der Waals surface area contributed by atoms with Crippen LogP contribution in [0.2, 0.25) is 0 Å². The van der Waals surface area contributed by atoms with Crippen LogP contribution >= 0.6 is 0 Å². The first-order chi connectivity index (χ1) is 7.20. The third kappa shape index (κ3) is 1.61. The number of aliphatic hydroxyl groups excluding tert-OH is 1. The second-order valence-corrected chi connectivity index (χ2v) is 3.09. The van der Waals surface area contributed by atoms with Gasteiger partial charge < -0.3 is 9.84 Å². The van der Waals surface area contributed by atoms with Crippen LogP contribution in [0.5, 0.6) is 0 Å². The molecule has 0 bridgehead atoms. The molecule has 0 unspecified atom stereocenters. The number of benzene rings is 1. The van der Waals surface area contributed by atoms with Gasteiger partial charge in [-0.25, -0.2) is 4.79 Å². The smallest absolute Gasteiger partial charge is 0.374 e. The van der Waals surface area contributed by atoms with Crippen LogP contribution in [-0.2, 0) is 14.3 Å². The molecule has 0 radical (unpaired) electrons. The van der Waals surface area contributed by atoms with Crippen molar-refractivity contribution in [2.45, 2.75) is 0 Å². The number of ether oxygens (including phenoxy) is 1. The van der Waals surface area contributed by atoms with Crippen LogP contribution in [0.1, 0.15) is 5.56 Å². The highest BCUT2D eigenvalue weighted by molar-refractivity contribution is 6.28. The van der Waals surface area contributed by atoms with E-state index in [2.05, 4.69) is 4.74 Å². The Kier molecular flexibility index (Phi) is 2.25. The summed E-state index contributed by atoms with van der Waals surface area (Å²) in [5.41, 5.74) is 0.559. The summed E-state index contributed by atoms with van der Waals surface area (Å²) in [5, 5.41) is 9.45. The molecule has 0 saturated carbocycles. The highest BCUT2D eigenvalue weighted by atomic mass is 16.5. The summed E-state index contributed by atoms with van der Waals surface area (Å²) in [6, 6.07) is 8.54. The van der Waals surface area contributed by atoms with Crippen LogP contribution in [-0.4, -0.2) is 23.5 Å². The van der Waals surface area contributed by atoms with Crippen molar-refractivity contribution in [2.24, 2.45) is 0 Å². The summed E-state index contributed by atoms with van der Waals surface area (Å²) in [4.78, 5) is 22.5. The first kappa shape index (κ1) is 9.45. The van der Waals surface area contributed by atoms with Gasteiger partial charge in [0.25, 0.3) is 0 Å². The Hall–Kier alpha value is -2.10. The number of hydrogen-bond donors (Lipinski definition) is 1. The summed E-state index contributed by atoms with van der Waals surface area (Å²) >= 11 is 0. The van der Waals surface area contributed by atoms with Gasteiger partial charge in [0.15, 0.2) is 6.61 Å². The molecule has 1 N–H and O–H groups in total. The zero-order valence-electron chi connectivity index (χ0n) is 7.77. The maximum absolute atomic E-state index is 11.5. The van der Waals surface area contributed by atoms with E-state index in [0.29, 0.717) is 5.56 Å². The number of Topliss-reactive ketones (excluding diaryl/α,β-unsaturated/α-hetero) is 1. The summed E-state index contributed by atoms with van der Waals surface area (Å²) in [7, 11) is 0. The SMILES string of the molecule is O=C1COC(=O)C(O)=C1c1ccccc1. The number of rotatable bonds is 1. The van der Waals surface area contributed by atoms with E-state index >= 15 is 0 Å². The van der Waals surface area contributed by atoms with Gasteiger partial charge in [-0.15, -0.1) is 0 Å². The van der Waals surface area contributed by atoms with Gasteiger partial charge in [-0.05, 0) is 5.56 Å². The Labute approximate surface area is 85.8 Å². The minimum Gasteiger partial charge on any atom is -0.501 e. The molecular weight excluding hydrogens is 196 g/mol. The Bertz CT molecular complexity index is 445. The second-order valence-electron chi connectivity index (χ2n) is 3.09. The summed E-state index contributed by atoms with van der Waals surface area (Å²) in [5.74, 6) is -1.86. The number of carbonyl (C=O) groups excluding carboxylic acids is 2. The zero-order valence-corrected chi connectivity index (χ0v) is 7.77. The first-order valence-electron chi connectivity index (χ1n) is 4.39. The van der Waals surface area contributed by atoms with Crippen LogP contribution in [0.15, 0.2) is 36.1 Å². The normalized spacial score (nSPS) is 16.5. The van der Waals surface area contributed by atoms with Gasteiger partial charge in [0.2, 0.25) is 11.5 Å². The van der Waals surface area contributed by atoms with E-state index in [0.717, 1.165) is 0 Å². The van der Waals surface area contributed by atoms with Crippen molar-refractivity contribution in [3.05, 3.63) is 41.7 Å². The molecule has 76 valence electrons. The van der Waals surface area contributed by atoms with Gasteiger partial charge in [-0.2, -0.15) is 0 Å². The van der Waals surface area contributed by atoms with Gasteiger partial charge in [-0.1, -0.05) is 30.3 Å². The van der Waals surface area contributed by atoms with E-state index in [1.54, 1.807) is 30.3 Å². The van der Waals surface area contributed by atoms with Crippen LogP contribution in [0, 0.1) is 0 Å². The number of aliphatic hydroxyl groups is 1. The molecule has 2 rings (SSSR count). The maximum atomic E-state index is 11.5. The van der Waals surface area contributed by atoms with Crippen LogP contribution in [0.4, 0.5) is 0 Å². The summed E-state index contributed by atoms with van der Waals surface area (Å²) in [6.45, 7) is -0.312. The summed E-state index contributed by atoms with van der Waals surface area (Å²) < 4.78 is 4.46. The molecule has 0 fully saturated rings. The molecule has 0 aliphatic carbocycles. The lowest BCUT2D eigenvalue weighted by Crippen LogP contribution is -2.25. The predicted molar refractivity (Wildman–Crippen MR) is 52.0 cm³/mol. The average molecular weight is 204 g/mol. The number of esters is 1. The van der Waals surface area contributed by atoms with Gasteiger partial charge in [-0.3, -0.25) is 4.79 Å². The quantitative estimate of drug-likeness (QED) is 0.695. The average Bonchev–Trinajstić information content (AvgIpc) is 2.26. The number of cyclic esters (lactones) is 1. The minimum atomic E-state index is -0.853. The monoisotopic (exact) mass is 204 g/mol. The standard InChI is InChI=1S/C11H8O4/c12-8-6-15-11(14)10(13)9(8)7-4-2-1-3-5-7/h1-5,13H,6H2. The Morgan fingerprint density at radius 3 is 2.47 bits per heavy atom. The lowest BCUT2D eigenvalue weighted by Gasteiger charge is -2.14. The molecular formula is C11H8O4. The lowest BCUT2D eigenvalue weighted by molar-refractivity contribution is -0.147. The molecule has 0 atom stereocenters. The molecule has 15 heavy (non-hydrogen) atoms. The maximum Gasteiger partial charge on any atom is 0.374 e. The largest absolute Gasteiger partial charge is 0.501 e. The molecule has 0 amide bonds. The first-order valence-corrected chi connectivity index (χ1v) is 4.39. The van der Waals surface area contributed by atoms with Crippen molar-refractivity contribution < 1.29 is 19.4 Å². The molecule has 1 aromatic carbocycles. The van der Waals surface area contributed by atoms with Gasteiger partial charge in [0, 0.05) is 0 Å². The van der Waals surface area contributed by atoms with E-state index in [1.807, 2.05) is 0 Å². The summed E-state index contributed by atoms with van der Waals surface area (Å²) in [6.07, 6.45) is 0. The molecule has 1 heterocycles. The number of carbonyl (C=O) groups is 2. The fourth-order valence-electron chi connectivity index (χ4n) is 1.41. The van der Waals surface area contributed by atoms with Gasteiger partial charge in [0.1, 0.15) is 0 Å². The van der Waals surface area contributed by atoms with E-state index in [9.17, 15) is 14.7 Å². The Morgan fingerprint density at radius 2 is 1.80 bits per heavy atom. The fourth-order valence-corrected chi connectivity index (χ4v) is 1.41. The zero-order chi connectivity index (χ0) is 10.8. The third-order valence-corrected chi connectivity index (χ3v) is 2.11. The second kappa shape index (κ2) is 3.57. The number of ketones is 1. The molecule has 1 aliphatic rings. The van der Waals surface area contributed by atoms with Crippen molar-refractivity contribution >= 4 is 17.3 Å². The molecule has 4 heteroatoms. The molecule has 0 spiro atoms. The van der Waals surface area contributed by atoms with Crippen molar-refractivity contribution in [2.75, 3.05) is 6.61 Å². The minimum absolute atomic E-state index is 0.0341. The van der Waals surface area contributed by atoms with Crippen molar-refractivity contribution in [3.8, 4) is 0 Å². The molecule has 1 aliphatic heterocycles. The van der Waals surface area contributed by atoms with Crippen LogP contribution in [0.25, 0.3) is 5.57 Å². The third-order valence-electron chi connectivity index (χ3n) is 2.11. The molecule has 0 aromatic heterocycles. The highest BCUT2D eigenvalue weighted by Crippen LogP contribution is 2.22. The lowest BCUT2D eigenvalue weighted by atomic mass is 9.99. The molecule has 4 nitrogen and oxygen atoms in total. The van der Waals surface area contributed by atoms with E-state index < -0.39 is 17.5 Å². The van der Waals surface area contributed by atoms with Crippen molar-refractivity contribution in [3.63, 3.8) is 0 Å². The topological polar surface area (TPSA) is 63.6 Å². The van der Waals surface area contributed by atoms with Crippen LogP contribution < -0.4 is 0 Å².